The lowest BCUT2D eigenvalue weighted by Gasteiger charge is -2.34. The largest absolute Gasteiger partial charge is 0.338 e. The molecule has 1 aromatic carbocycles. The normalized spacial score (nSPS) is 26.6. The van der Waals surface area contributed by atoms with Crippen LogP contribution in [0.3, 0.4) is 0 Å². The third kappa shape index (κ3) is 4.17. The molecule has 5 heteroatoms. The highest BCUT2D eigenvalue weighted by Crippen LogP contribution is 2.52. The number of hydrogen-bond donors (Lipinski definition) is 0. The second-order valence-corrected chi connectivity index (χ2v) is 8.38. The number of hydrogen-bond acceptors (Lipinski definition) is 0. The lowest BCUT2D eigenvalue weighted by Crippen LogP contribution is -2.43. The summed E-state index contributed by atoms with van der Waals surface area (Å²) in [6.45, 7) is 2.19. The molecule has 152 valence electrons. The maximum atomic E-state index is 14.4. The van der Waals surface area contributed by atoms with E-state index in [0.29, 0.717) is 11.5 Å². The number of fused-ring (bicyclic) bond motifs is 1. The highest BCUT2D eigenvalue weighted by molar-refractivity contribution is 5.41. The molecule has 1 saturated carbocycles. The van der Waals surface area contributed by atoms with E-state index < -0.39 is 29.6 Å². The average Bonchev–Trinajstić information content (AvgIpc) is 2.62. The lowest BCUT2D eigenvalue weighted by atomic mass is 9.75. The molecule has 0 aromatic heterocycles. The average molecular weight is 388 g/mol. The molecule has 0 spiro atoms. The molecule has 2 aliphatic carbocycles. The highest BCUT2D eigenvalue weighted by atomic mass is 19.3. The van der Waals surface area contributed by atoms with Crippen molar-refractivity contribution in [3.8, 4) is 0 Å². The van der Waals surface area contributed by atoms with Gasteiger partial charge in [-0.15, -0.1) is 0 Å². The van der Waals surface area contributed by atoms with Crippen molar-refractivity contribution in [3.63, 3.8) is 0 Å². The van der Waals surface area contributed by atoms with E-state index in [1.54, 1.807) is 6.07 Å². The summed E-state index contributed by atoms with van der Waals surface area (Å²) in [6, 6.07) is 2.65. The van der Waals surface area contributed by atoms with Gasteiger partial charge in [-0.05, 0) is 61.1 Å². The Labute approximate surface area is 158 Å². The van der Waals surface area contributed by atoms with Crippen LogP contribution in [0.4, 0.5) is 22.0 Å². The zero-order valence-electron chi connectivity index (χ0n) is 16.0. The van der Waals surface area contributed by atoms with Gasteiger partial charge in [-0.25, -0.2) is 4.39 Å². The van der Waals surface area contributed by atoms with E-state index in [9.17, 15) is 22.0 Å². The molecule has 3 rings (SSSR count). The van der Waals surface area contributed by atoms with E-state index in [-0.39, 0.29) is 17.9 Å². The van der Waals surface area contributed by atoms with Crippen LogP contribution in [0.15, 0.2) is 12.1 Å². The summed E-state index contributed by atoms with van der Waals surface area (Å²) in [5.41, 5.74) is -0.327. The van der Waals surface area contributed by atoms with Crippen molar-refractivity contribution < 1.29 is 22.0 Å². The molecule has 0 aliphatic heterocycles. The molecule has 0 amide bonds. The summed E-state index contributed by atoms with van der Waals surface area (Å²) in [4.78, 5) is 0. The number of alkyl halides is 4. The van der Waals surface area contributed by atoms with Crippen LogP contribution in [0.2, 0.25) is 0 Å². The Balaban J connectivity index is 1.67. The minimum Gasteiger partial charge on any atom is -0.206 e. The van der Waals surface area contributed by atoms with Crippen LogP contribution >= 0.6 is 0 Å². The number of unbranched alkanes of at least 4 members (excludes halogenated alkanes) is 3. The molecule has 1 fully saturated rings. The van der Waals surface area contributed by atoms with E-state index in [0.717, 1.165) is 31.7 Å². The molecular weight excluding hydrogens is 359 g/mol. The van der Waals surface area contributed by atoms with E-state index in [2.05, 4.69) is 6.92 Å². The summed E-state index contributed by atoms with van der Waals surface area (Å²) in [6.07, 6.45) is 9.10. The van der Waals surface area contributed by atoms with Crippen molar-refractivity contribution in [2.24, 2.45) is 5.92 Å². The lowest BCUT2D eigenvalue weighted by molar-refractivity contribution is -0.226. The van der Waals surface area contributed by atoms with Crippen LogP contribution in [-0.2, 0) is 12.3 Å². The standard InChI is InChI=1S/C22H29F5/c1-2-3-4-5-6-15-7-9-16(10-8-15)18-13-17-11-12-21(24,25)22(26,27)20(17)19(23)14-18/h13-16H,2-12H2,1H3. The van der Waals surface area contributed by atoms with E-state index in [1.807, 2.05) is 0 Å². The summed E-state index contributed by atoms with van der Waals surface area (Å²) in [7, 11) is 0. The van der Waals surface area contributed by atoms with Crippen LogP contribution in [0.25, 0.3) is 0 Å². The Bertz CT molecular complexity index is 644. The highest BCUT2D eigenvalue weighted by Gasteiger charge is 2.61. The third-order valence-electron chi connectivity index (χ3n) is 6.46. The maximum absolute atomic E-state index is 14.4. The predicted molar refractivity (Wildman–Crippen MR) is 97.0 cm³/mol. The minimum atomic E-state index is -4.43. The Morgan fingerprint density at radius 3 is 2.33 bits per heavy atom. The molecule has 0 radical (unpaired) electrons. The molecule has 0 heterocycles. The van der Waals surface area contributed by atoms with Gasteiger partial charge < -0.3 is 0 Å². The van der Waals surface area contributed by atoms with Gasteiger partial charge in [0.2, 0.25) is 0 Å². The van der Waals surface area contributed by atoms with Crippen LogP contribution in [-0.4, -0.2) is 5.92 Å². The fourth-order valence-electron chi connectivity index (χ4n) is 4.75. The number of halogens is 5. The fraction of sp³-hybridized carbons (Fsp3) is 0.727. The van der Waals surface area contributed by atoms with Gasteiger partial charge in [0.15, 0.2) is 0 Å². The SMILES string of the molecule is CCCCCCC1CCC(c2cc(F)c3c(c2)CCC(F)(F)C3(F)F)CC1. The monoisotopic (exact) mass is 388 g/mol. The molecule has 27 heavy (non-hydrogen) atoms. The molecule has 0 nitrogen and oxygen atoms in total. The van der Waals surface area contributed by atoms with Crippen LogP contribution in [0, 0.1) is 11.7 Å². The molecule has 0 bridgehead atoms. The Hall–Kier alpha value is -1.13. The van der Waals surface area contributed by atoms with Crippen LogP contribution < -0.4 is 0 Å². The van der Waals surface area contributed by atoms with E-state index in [4.69, 9.17) is 0 Å². The Kier molecular flexibility index (Phi) is 6.17. The topological polar surface area (TPSA) is 0 Å². The first-order valence-electron chi connectivity index (χ1n) is 10.3. The predicted octanol–water partition coefficient (Wildman–Crippen LogP) is 7.74. The van der Waals surface area contributed by atoms with E-state index >= 15 is 0 Å². The molecule has 2 aliphatic rings. The summed E-state index contributed by atoms with van der Waals surface area (Å²) in [5, 5.41) is 0. The van der Waals surface area contributed by atoms with Gasteiger partial charge in [-0.3, -0.25) is 0 Å². The van der Waals surface area contributed by atoms with Crippen molar-refractivity contribution in [2.75, 3.05) is 0 Å². The molecule has 0 atom stereocenters. The minimum absolute atomic E-state index is 0.0580. The zero-order valence-corrected chi connectivity index (χ0v) is 16.0. The van der Waals surface area contributed by atoms with Gasteiger partial charge in [0.1, 0.15) is 5.82 Å². The van der Waals surface area contributed by atoms with Gasteiger partial charge in [-0.1, -0.05) is 45.1 Å². The van der Waals surface area contributed by atoms with Crippen molar-refractivity contribution >= 4 is 0 Å². The summed E-state index contributed by atoms with van der Waals surface area (Å²) < 4.78 is 69.7. The van der Waals surface area contributed by atoms with Crippen molar-refractivity contribution in [2.45, 2.75) is 95.3 Å². The molecule has 0 unspecified atom stereocenters. The number of benzene rings is 1. The quantitative estimate of drug-likeness (QED) is 0.345. The third-order valence-corrected chi connectivity index (χ3v) is 6.46. The molecule has 0 N–H and O–H groups in total. The van der Waals surface area contributed by atoms with Crippen LogP contribution in [0.5, 0.6) is 0 Å². The molecule has 1 aromatic rings. The summed E-state index contributed by atoms with van der Waals surface area (Å²) >= 11 is 0. The van der Waals surface area contributed by atoms with Gasteiger partial charge in [-0.2, -0.15) is 17.6 Å². The van der Waals surface area contributed by atoms with Crippen molar-refractivity contribution in [3.05, 3.63) is 34.6 Å². The second kappa shape index (κ2) is 8.08. The zero-order chi connectivity index (χ0) is 19.7. The van der Waals surface area contributed by atoms with Crippen molar-refractivity contribution in [1.82, 2.24) is 0 Å². The first-order chi connectivity index (χ1) is 12.8. The number of aryl methyl sites for hydroxylation is 1. The first kappa shape index (κ1) is 20.6. The van der Waals surface area contributed by atoms with Crippen molar-refractivity contribution in [1.29, 1.82) is 0 Å². The Morgan fingerprint density at radius 1 is 0.963 bits per heavy atom. The first-order valence-corrected chi connectivity index (χ1v) is 10.3. The molecular formula is C22H29F5. The molecule has 0 saturated heterocycles. The Morgan fingerprint density at radius 2 is 1.67 bits per heavy atom. The maximum Gasteiger partial charge on any atom is 0.338 e. The van der Waals surface area contributed by atoms with Gasteiger partial charge in [0, 0.05) is 6.42 Å². The second-order valence-electron chi connectivity index (χ2n) is 8.38. The van der Waals surface area contributed by atoms with Gasteiger partial charge in [0.05, 0.1) is 5.56 Å². The fourth-order valence-corrected chi connectivity index (χ4v) is 4.75. The summed E-state index contributed by atoms with van der Waals surface area (Å²) in [5.74, 6) is -8.94. The van der Waals surface area contributed by atoms with Gasteiger partial charge >= 0.3 is 11.8 Å². The van der Waals surface area contributed by atoms with Gasteiger partial charge in [0.25, 0.3) is 0 Å². The van der Waals surface area contributed by atoms with Crippen LogP contribution in [0.1, 0.15) is 93.7 Å². The van der Waals surface area contributed by atoms with E-state index in [1.165, 1.54) is 32.1 Å². The number of rotatable bonds is 6. The smallest absolute Gasteiger partial charge is 0.206 e.